The van der Waals surface area contributed by atoms with Crippen LogP contribution in [0.15, 0.2) is 34.9 Å². The van der Waals surface area contributed by atoms with Crippen molar-refractivity contribution in [3.63, 3.8) is 0 Å². The van der Waals surface area contributed by atoms with Gasteiger partial charge in [-0.2, -0.15) is 5.10 Å². The first kappa shape index (κ1) is 19.1. The zero-order valence-electron chi connectivity index (χ0n) is 12.2. The smallest absolute Gasteiger partial charge is 0.178 e. The molecule has 0 aliphatic carbocycles. The molecule has 0 aliphatic rings. The van der Waals surface area contributed by atoms with Crippen LogP contribution < -0.4 is 4.74 Å². The molecule has 0 saturated heterocycles. The zero-order valence-corrected chi connectivity index (χ0v) is 16.9. The van der Waals surface area contributed by atoms with Gasteiger partial charge in [0.05, 0.1) is 21.2 Å². The molecule has 9 heteroatoms. The number of aromatic nitrogens is 2. The van der Waals surface area contributed by atoms with E-state index in [0.717, 1.165) is 11.8 Å². The van der Waals surface area contributed by atoms with Crippen molar-refractivity contribution in [3.05, 3.63) is 52.1 Å². The van der Waals surface area contributed by atoms with Crippen molar-refractivity contribution < 1.29 is 13.5 Å². The fraction of sp³-hybridized carbons (Fsp3) is 0.0667. The summed E-state index contributed by atoms with van der Waals surface area (Å²) in [5, 5.41) is 15.0. The summed E-state index contributed by atoms with van der Waals surface area (Å²) in [5.41, 5.74) is 0.640. The molecular formula is C15H11BrF2IN3OS. The van der Waals surface area contributed by atoms with Crippen molar-refractivity contribution in [1.82, 2.24) is 10.2 Å². The van der Waals surface area contributed by atoms with E-state index in [4.69, 9.17) is 10.1 Å². The highest BCUT2D eigenvalue weighted by molar-refractivity contribution is 14.0. The Bertz CT molecular complexity index is 919. The number of benzene rings is 2. The van der Waals surface area contributed by atoms with Gasteiger partial charge in [-0.3, -0.25) is 10.5 Å². The third-order valence-corrected chi connectivity index (χ3v) is 4.61. The minimum atomic E-state index is -0.584. The summed E-state index contributed by atoms with van der Waals surface area (Å²) in [6.45, 7) is 0. The summed E-state index contributed by atoms with van der Waals surface area (Å²) in [7, 11) is 0. The highest BCUT2D eigenvalue weighted by Crippen LogP contribution is 2.38. The minimum absolute atomic E-state index is 0. The molecule has 0 aliphatic heterocycles. The third kappa shape index (κ3) is 3.57. The summed E-state index contributed by atoms with van der Waals surface area (Å²) in [6.07, 6.45) is 3.23. The minimum Gasteiger partial charge on any atom is -0.453 e. The summed E-state index contributed by atoms with van der Waals surface area (Å²) >= 11 is 4.41. The van der Waals surface area contributed by atoms with E-state index in [2.05, 4.69) is 26.1 Å². The largest absolute Gasteiger partial charge is 0.453 e. The molecule has 0 radical (unpaired) electrons. The van der Waals surface area contributed by atoms with Gasteiger partial charge in [-0.15, -0.1) is 35.7 Å². The first-order valence-corrected chi connectivity index (χ1v) is 8.44. The predicted molar refractivity (Wildman–Crippen MR) is 106 cm³/mol. The van der Waals surface area contributed by atoms with Gasteiger partial charge >= 0.3 is 0 Å². The topological polar surface area (TPSA) is 61.8 Å². The summed E-state index contributed by atoms with van der Waals surface area (Å²) < 4.78 is 34.0. The van der Waals surface area contributed by atoms with Crippen LogP contribution in [0.25, 0.3) is 10.9 Å². The number of thioether (sulfide) groups is 1. The molecule has 1 aromatic heterocycles. The first-order chi connectivity index (χ1) is 11.0. The molecule has 3 rings (SSSR count). The van der Waals surface area contributed by atoms with E-state index in [1.54, 1.807) is 12.5 Å². The maximum Gasteiger partial charge on any atom is 0.178 e. The lowest BCUT2D eigenvalue weighted by Gasteiger charge is -2.11. The standard InChI is InChI=1S/C15H10BrF2N3OS.HI/c1-23-15(19)8-4-7(2-3-10(8)17)22-14-11(18)5-12-9(13(14)16)6-20-21-12;/h2-6,19H,1H3,(H,20,21);1H. The summed E-state index contributed by atoms with van der Waals surface area (Å²) in [6, 6.07) is 5.23. The Labute approximate surface area is 166 Å². The number of hydrogen-bond acceptors (Lipinski definition) is 4. The number of nitrogens with one attached hydrogen (secondary N) is 2. The lowest BCUT2D eigenvalue weighted by molar-refractivity contribution is 0.439. The Hall–Kier alpha value is -1.20. The molecule has 24 heavy (non-hydrogen) atoms. The van der Waals surface area contributed by atoms with E-state index in [1.807, 2.05) is 0 Å². The van der Waals surface area contributed by atoms with Crippen molar-refractivity contribution in [3.8, 4) is 11.5 Å². The van der Waals surface area contributed by atoms with Gasteiger partial charge in [0.25, 0.3) is 0 Å². The number of aromatic amines is 1. The Morgan fingerprint density at radius 3 is 2.75 bits per heavy atom. The lowest BCUT2D eigenvalue weighted by Crippen LogP contribution is -1.98. The number of nitrogens with zero attached hydrogens (tertiary/aromatic N) is 1. The van der Waals surface area contributed by atoms with Gasteiger partial charge in [0, 0.05) is 17.0 Å². The van der Waals surface area contributed by atoms with Crippen molar-refractivity contribution >= 4 is 67.6 Å². The predicted octanol–water partition coefficient (Wildman–Crippen LogP) is 5.70. The number of halogens is 4. The number of H-pyrrole nitrogens is 1. The molecule has 4 nitrogen and oxygen atoms in total. The molecule has 0 amide bonds. The van der Waals surface area contributed by atoms with E-state index < -0.39 is 11.6 Å². The van der Waals surface area contributed by atoms with Crippen molar-refractivity contribution in [1.29, 1.82) is 5.41 Å². The molecule has 1 heterocycles. The molecule has 2 N–H and O–H groups in total. The van der Waals surface area contributed by atoms with E-state index in [-0.39, 0.29) is 46.1 Å². The van der Waals surface area contributed by atoms with Gasteiger partial charge in [0.2, 0.25) is 0 Å². The van der Waals surface area contributed by atoms with Gasteiger partial charge in [-0.05, 0) is 40.4 Å². The molecular weight excluding hydrogens is 515 g/mol. The Morgan fingerprint density at radius 1 is 1.29 bits per heavy atom. The molecule has 0 fully saturated rings. The van der Waals surface area contributed by atoms with Crippen molar-refractivity contribution in [2.45, 2.75) is 0 Å². The molecule has 126 valence electrons. The van der Waals surface area contributed by atoms with Crippen LogP contribution in [0, 0.1) is 17.0 Å². The van der Waals surface area contributed by atoms with Gasteiger partial charge in [-0.1, -0.05) is 0 Å². The monoisotopic (exact) mass is 525 g/mol. The SMILES string of the molecule is CSC(=N)c1cc(Oc2c(F)cc3[nH]ncc3c2Br)ccc1F.I. The van der Waals surface area contributed by atoms with Crippen LogP contribution in [-0.4, -0.2) is 21.5 Å². The average Bonchev–Trinajstić information content (AvgIpc) is 3.00. The third-order valence-electron chi connectivity index (χ3n) is 3.20. The molecule has 0 bridgehead atoms. The highest BCUT2D eigenvalue weighted by atomic mass is 127. The highest BCUT2D eigenvalue weighted by Gasteiger charge is 2.16. The van der Waals surface area contributed by atoms with Crippen LogP contribution >= 0.6 is 51.7 Å². The first-order valence-electron chi connectivity index (χ1n) is 6.42. The van der Waals surface area contributed by atoms with Gasteiger partial charge in [-0.25, -0.2) is 8.78 Å². The van der Waals surface area contributed by atoms with Crippen LogP contribution in [0.2, 0.25) is 0 Å². The van der Waals surface area contributed by atoms with Crippen LogP contribution in [-0.2, 0) is 0 Å². The second kappa shape index (κ2) is 7.79. The van der Waals surface area contributed by atoms with E-state index >= 15 is 0 Å². The van der Waals surface area contributed by atoms with Crippen LogP contribution in [0.5, 0.6) is 11.5 Å². The van der Waals surface area contributed by atoms with E-state index in [0.29, 0.717) is 15.4 Å². The zero-order chi connectivity index (χ0) is 16.6. The second-order valence-electron chi connectivity index (χ2n) is 4.61. The second-order valence-corrected chi connectivity index (χ2v) is 6.22. The van der Waals surface area contributed by atoms with Gasteiger partial charge < -0.3 is 4.74 Å². The quantitative estimate of drug-likeness (QED) is 0.262. The maximum absolute atomic E-state index is 14.2. The van der Waals surface area contributed by atoms with Gasteiger partial charge in [0.1, 0.15) is 11.6 Å². The van der Waals surface area contributed by atoms with Gasteiger partial charge in [0.15, 0.2) is 11.6 Å². The average molecular weight is 526 g/mol. The van der Waals surface area contributed by atoms with Crippen LogP contribution in [0.4, 0.5) is 8.78 Å². The molecule has 0 saturated carbocycles. The molecule has 0 spiro atoms. The number of ether oxygens (including phenoxy) is 1. The van der Waals surface area contributed by atoms with Crippen molar-refractivity contribution in [2.24, 2.45) is 0 Å². The number of hydrogen-bond donors (Lipinski definition) is 2. The fourth-order valence-electron chi connectivity index (χ4n) is 2.06. The Kier molecular flexibility index (Phi) is 6.21. The molecule has 0 atom stereocenters. The molecule has 0 unspecified atom stereocenters. The van der Waals surface area contributed by atoms with E-state index in [9.17, 15) is 8.78 Å². The van der Waals surface area contributed by atoms with E-state index in [1.165, 1.54) is 24.3 Å². The number of fused-ring (bicyclic) bond motifs is 1. The summed E-state index contributed by atoms with van der Waals surface area (Å²) in [5.74, 6) is -0.893. The van der Waals surface area contributed by atoms with Crippen LogP contribution in [0.1, 0.15) is 5.56 Å². The molecule has 3 aromatic rings. The van der Waals surface area contributed by atoms with Crippen LogP contribution in [0.3, 0.4) is 0 Å². The van der Waals surface area contributed by atoms with Crippen molar-refractivity contribution in [2.75, 3.05) is 6.26 Å². The Balaban J connectivity index is 0.00000208. The Morgan fingerprint density at radius 2 is 2.04 bits per heavy atom. The number of rotatable bonds is 3. The fourth-order valence-corrected chi connectivity index (χ4v) is 3.03. The molecule has 2 aromatic carbocycles. The maximum atomic E-state index is 14.2. The lowest BCUT2D eigenvalue weighted by atomic mass is 10.2. The summed E-state index contributed by atoms with van der Waals surface area (Å²) in [4.78, 5) is 0. The normalized spacial score (nSPS) is 10.5.